The molecule has 58 heavy (non-hydrogen) atoms. The number of halogens is 1. The van der Waals surface area contributed by atoms with Crippen LogP contribution < -0.4 is 20.1 Å². The maximum Gasteiger partial charge on any atom is 0.408 e. The average Bonchev–Trinajstić information content (AvgIpc) is 4.18. The minimum absolute atomic E-state index is 0.0541. The first kappa shape index (κ1) is 39.3. The number of pyridine rings is 1. The van der Waals surface area contributed by atoms with E-state index in [1.165, 1.54) is 11.3 Å². The van der Waals surface area contributed by atoms with Crippen LogP contribution in [0.1, 0.15) is 88.7 Å². The monoisotopic (exact) mass is 819 g/mol. The summed E-state index contributed by atoms with van der Waals surface area (Å²) >= 11 is 7.01. The topological polar surface area (TPSA) is 169 Å². The number of carbonyl (C=O) groups is 4. The van der Waals surface area contributed by atoms with Gasteiger partial charge in [-0.15, -0.1) is 0 Å². The summed E-state index contributed by atoms with van der Waals surface area (Å²) in [5.74, 6) is 0.181. The molecule has 14 nitrogen and oxygen atoms in total. The largest absolute Gasteiger partial charge is 0.491 e. The van der Waals surface area contributed by atoms with Gasteiger partial charge in [0.25, 0.3) is 0 Å². The zero-order chi connectivity index (χ0) is 40.0. The Hall–Kier alpha value is -4.14. The lowest BCUT2D eigenvalue weighted by molar-refractivity contribution is -0.145. The van der Waals surface area contributed by atoms with Crippen molar-refractivity contribution < 1.29 is 43.2 Å². The summed E-state index contributed by atoms with van der Waals surface area (Å²) in [6.07, 6.45) is 11.2. The molecule has 7 aliphatic rings. The lowest BCUT2D eigenvalue weighted by atomic mass is 10.0. The molecule has 0 radical (unpaired) electrons. The van der Waals surface area contributed by atoms with Crippen molar-refractivity contribution in [1.29, 1.82) is 0 Å². The molecule has 1 aromatic carbocycles. The lowest BCUT2D eigenvalue weighted by Gasteiger charge is -2.29. The molecule has 0 bridgehead atoms. The predicted octanol–water partition coefficient (Wildman–Crippen LogP) is 5.20. The maximum atomic E-state index is 14.6. The molecule has 4 aliphatic carbocycles. The molecule has 15 heteroatoms. The van der Waals surface area contributed by atoms with Crippen LogP contribution in [0.25, 0.3) is 10.9 Å². The van der Waals surface area contributed by atoms with Crippen LogP contribution in [0.5, 0.6) is 11.5 Å². The van der Waals surface area contributed by atoms with E-state index in [1.807, 2.05) is 30.4 Å². The summed E-state index contributed by atoms with van der Waals surface area (Å²) in [4.78, 5) is 63.5. The van der Waals surface area contributed by atoms with E-state index < -0.39 is 47.6 Å². The third-order valence-electron chi connectivity index (χ3n) is 13.3. The van der Waals surface area contributed by atoms with Crippen molar-refractivity contribution in [2.24, 2.45) is 17.8 Å². The minimum atomic E-state index is -1.44. The second kappa shape index (κ2) is 16.5. The van der Waals surface area contributed by atoms with Gasteiger partial charge in [0.2, 0.25) is 11.8 Å². The van der Waals surface area contributed by atoms with Gasteiger partial charge in [-0.3, -0.25) is 19.5 Å². The molecule has 3 aliphatic heterocycles. The number of morpholine rings is 1. The Bertz CT molecular complexity index is 1940. The van der Waals surface area contributed by atoms with Crippen molar-refractivity contribution in [3.05, 3.63) is 41.1 Å². The standard InChI is InChI=1S/C43H54ClN5O9/c44-37-35(56-17-14-48-12-15-55-16-13-48)11-10-31-36(22-33(25-8-9-25)45-38(31)37)57-30-21-34-39(50)47-43(41(52)53)23-28(43)6-4-2-1-3-5-7-32(40(51)49(34)24-30)46-42(54)58-29-19-26-18-27(26)20-29/h4,6,10-11,22,25-30,32,34H,1-3,5,7-9,12-21,23-24H2,(H,46,54)(H,47,50)(H,52,53)/b6-4-/t26-,27?,28-,29?,30-,32+,34+,43-/m1/s1. The van der Waals surface area contributed by atoms with E-state index in [0.717, 1.165) is 70.3 Å². The molecule has 3 amide bonds. The number of nitrogens with one attached hydrogen (secondary N) is 2. The Morgan fingerprint density at radius 1 is 1.02 bits per heavy atom. The molecule has 1 aromatic heterocycles. The van der Waals surface area contributed by atoms with E-state index >= 15 is 0 Å². The van der Waals surface area contributed by atoms with E-state index in [-0.39, 0.29) is 37.3 Å². The van der Waals surface area contributed by atoms with Crippen LogP contribution in [0, 0.1) is 17.8 Å². The average molecular weight is 820 g/mol. The summed E-state index contributed by atoms with van der Waals surface area (Å²) in [5, 5.41) is 17.1. The number of carbonyl (C=O) groups excluding carboxylic acids is 3. The van der Waals surface area contributed by atoms with E-state index in [9.17, 15) is 24.3 Å². The fourth-order valence-electron chi connectivity index (χ4n) is 9.54. The number of benzene rings is 1. The summed E-state index contributed by atoms with van der Waals surface area (Å²) in [5.41, 5.74) is -0.0235. The number of ether oxygens (including phenoxy) is 4. The predicted molar refractivity (Wildman–Crippen MR) is 213 cm³/mol. The van der Waals surface area contributed by atoms with Gasteiger partial charge in [-0.25, -0.2) is 9.59 Å². The highest BCUT2D eigenvalue weighted by molar-refractivity contribution is 6.36. The van der Waals surface area contributed by atoms with Gasteiger partial charge < -0.3 is 39.6 Å². The van der Waals surface area contributed by atoms with E-state index in [4.69, 9.17) is 35.5 Å². The van der Waals surface area contributed by atoms with Crippen LogP contribution in [-0.4, -0.2) is 120 Å². The molecule has 8 atom stereocenters. The highest BCUT2D eigenvalue weighted by Crippen LogP contribution is 2.52. The summed E-state index contributed by atoms with van der Waals surface area (Å²) in [7, 11) is 0. The number of nitrogens with zero attached hydrogens (tertiary/aromatic N) is 3. The Morgan fingerprint density at radius 2 is 1.83 bits per heavy atom. The van der Waals surface area contributed by atoms with Gasteiger partial charge in [0.15, 0.2) is 0 Å². The maximum absolute atomic E-state index is 14.6. The van der Waals surface area contributed by atoms with Gasteiger partial charge in [-0.1, -0.05) is 36.6 Å². The Balaban J connectivity index is 0.970. The fourth-order valence-corrected chi connectivity index (χ4v) is 9.81. The molecule has 4 saturated carbocycles. The molecule has 2 unspecified atom stereocenters. The number of carboxylic acid groups (broad SMARTS) is 1. The number of carboxylic acids is 1. The molecular weight excluding hydrogens is 766 g/mol. The first-order valence-electron chi connectivity index (χ1n) is 21.4. The minimum Gasteiger partial charge on any atom is -0.491 e. The Kier molecular flexibility index (Phi) is 11.2. The molecule has 3 N–H and O–H groups in total. The molecule has 2 aromatic rings. The normalized spacial score (nSPS) is 33.1. The van der Waals surface area contributed by atoms with Gasteiger partial charge in [-0.2, -0.15) is 0 Å². The van der Waals surface area contributed by atoms with Crippen LogP contribution in [0.15, 0.2) is 30.4 Å². The number of hydrogen-bond acceptors (Lipinski definition) is 10. The zero-order valence-corrected chi connectivity index (χ0v) is 33.6. The molecule has 0 spiro atoms. The zero-order valence-electron chi connectivity index (χ0n) is 32.9. The van der Waals surface area contributed by atoms with Gasteiger partial charge in [0.1, 0.15) is 53.0 Å². The number of fused-ring (bicyclic) bond motifs is 4. The first-order chi connectivity index (χ1) is 28.1. The van der Waals surface area contributed by atoms with E-state index in [1.54, 1.807) is 0 Å². The number of aromatic nitrogens is 1. The summed E-state index contributed by atoms with van der Waals surface area (Å²) < 4.78 is 24.2. The van der Waals surface area contributed by atoms with Crippen LogP contribution in [0.2, 0.25) is 5.02 Å². The number of amides is 3. The lowest BCUT2D eigenvalue weighted by Crippen LogP contribution is -2.56. The Labute approximate surface area is 343 Å². The second-order valence-electron chi connectivity index (χ2n) is 17.5. The molecule has 4 heterocycles. The van der Waals surface area contributed by atoms with Crippen molar-refractivity contribution in [2.75, 3.05) is 46.0 Å². The Morgan fingerprint density at radius 3 is 2.60 bits per heavy atom. The van der Waals surface area contributed by atoms with Crippen LogP contribution in [0.4, 0.5) is 4.79 Å². The number of allylic oxidation sites excluding steroid dienone is 1. The van der Waals surface area contributed by atoms with Gasteiger partial charge in [-0.05, 0) is 81.8 Å². The number of rotatable bonds is 10. The smallest absolute Gasteiger partial charge is 0.408 e. The van der Waals surface area contributed by atoms with Crippen molar-refractivity contribution in [3.63, 3.8) is 0 Å². The molecule has 9 rings (SSSR count). The van der Waals surface area contributed by atoms with Crippen LogP contribution in [0.3, 0.4) is 0 Å². The van der Waals surface area contributed by atoms with Crippen molar-refractivity contribution in [1.82, 2.24) is 25.4 Å². The molecular formula is C43H54ClN5O9. The summed E-state index contributed by atoms with van der Waals surface area (Å²) in [6.45, 7) is 4.40. The SMILES string of the molecule is O=C(N[C@H]1CCCCC/C=C\[C@@H]2C[C@@]2(C(=O)O)NC(=O)[C@@H]2C[C@@H](Oc3cc(C4CC4)nc4c(Cl)c(OCCN5CCOCC5)ccc34)CN2C1=O)OC1CC2C[C@@H]2C1. The molecule has 6 fully saturated rings. The van der Waals surface area contributed by atoms with Crippen molar-refractivity contribution in [3.8, 4) is 11.5 Å². The third kappa shape index (κ3) is 8.47. The molecule has 2 saturated heterocycles. The van der Waals surface area contributed by atoms with Crippen LogP contribution in [-0.2, 0) is 23.9 Å². The highest BCUT2D eigenvalue weighted by atomic mass is 35.5. The third-order valence-corrected chi connectivity index (χ3v) is 13.7. The number of alkyl carbamates (subject to hydrolysis) is 1. The van der Waals surface area contributed by atoms with Gasteiger partial charge >= 0.3 is 12.1 Å². The second-order valence-corrected chi connectivity index (χ2v) is 17.8. The first-order valence-corrected chi connectivity index (χ1v) is 21.8. The van der Waals surface area contributed by atoms with Gasteiger partial charge in [0, 0.05) is 55.0 Å². The van der Waals surface area contributed by atoms with E-state index in [2.05, 4.69) is 15.5 Å². The van der Waals surface area contributed by atoms with Gasteiger partial charge in [0.05, 0.1) is 25.3 Å². The highest BCUT2D eigenvalue weighted by Gasteiger charge is 2.61. The number of aliphatic carboxylic acids is 1. The van der Waals surface area contributed by atoms with Crippen molar-refractivity contribution >= 4 is 46.4 Å². The number of hydrogen-bond donors (Lipinski definition) is 3. The van der Waals surface area contributed by atoms with Crippen molar-refractivity contribution in [2.45, 2.75) is 113 Å². The fraction of sp³-hybridized carbons (Fsp3) is 0.651. The molecule has 312 valence electrons. The summed E-state index contributed by atoms with van der Waals surface area (Å²) in [6, 6.07) is 3.68. The quantitative estimate of drug-likeness (QED) is 0.270. The van der Waals surface area contributed by atoms with Crippen LogP contribution >= 0.6 is 11.6 Å². The van der Waals surface area contributed by atoms with E-state index in [0.29, 0.717) is 71.9 Å².